The summed E-state index contributed by atoms with van der Waals surface area (Å²) in [5.74, 6) is 6.13. The summed E-state index contributed by atoms with van der Waals surface area (Å²) in [5.41, 5.74) is 1.20. The Morgan fingerprint density at radius 1 is 0.795 bits per heavy atom. The molecule has 4 aliphatic rings. The van der Waals surface area contributed by atoms with Gasteiger partial charge in [-0.1, -0.05) is 41.5 Å². The molecule has 228 valence electrons. The molecule has 10 atom stereocenters. The minimum Gasteiger partial charge on any atom is -0.415 e. The van der Waals surface area contributed by atoms with Gasteiger partial charge in [-0.2, -0.15) is 0 Å². The molecule has 0 spiro atoms. The van der Waals surface area contributed by atoms with Gasteiger partial charge in [-0.25, -0.2) is 0 Å². The molecule has 0 aromatic heterocycles. The van der Waals surface area contributed by atoms with Crippen LogP contribution in [0.5, 0.6) is 0 Å². The van der Waals surface area contributed by atoms with E-state index in [4.69, 9.17) is 8.85 Å². The Morgan fingerprint density at radius 2 is 1.44 bits per heavy atom. The van der Waals surface area contributed by atoms with Crippen LogP contribution in [0.15, 0.2) is 0 Å². The van der Waals surface area contributed by atoms with Crippen LogP contribution in [0.3, 0.4) is 0 Å². The predicted molar refractivity (Wildman–Crippen MR) is 174 cm³/mol. The average Bonchev–Trinajstić information content (AvgIpc) is 3.17. The van der Waals surface area contributed by atoms with Gasteiger partial charge in [0.2, 0.25) is 0 Å². The summed E-state index contributed by atoms with van der Waals surface area (Å²) in [6.07, 6.45) is 17.3. The van der Waals surface area contributed by atoms with E-state index in [9.17, 15) is 0 Å². The molecular weight excluding hydrogens is 509 g/mol. The predicted octanol–water partition coefficient (Wildman–Crippen LogP) is 10.9. The Bertz CT molecular complexity index is 829. The summed E-state index contributed by atoms with van der Waals surface area (Å²) in [6, 6.07) is 0. The second-order valence-electron chi connectivity index (χ2n) is 17.8. The zero-order chi connectivity index (χ0) is 29.0. The van der Waals surface area contributed by atoms with Gasteiger partial charge in [-0.05, 0) is 169 Å². The molecule has 0 amide bonds. The Labute approximate surface area is 246 Å². The first kappa shape index (κ1) is 32.3. The first-order chi connectivity index (χ1) is 17.9. The number of fused-ring (bicyclic) bond motifs is 5. The Hall–Kier alpha value is 0.354. The van der Waals surface area contributed by atoms with Gasteiger partial charge in [-0.15, -0.1) is 0 Å². The van der Waals surface area contributed by atoms with Crippen LogP contribution in [0.1, 0.15) is 119 Å². The van der Waals surface area contributed by atoms with Crippen LogP contribution < -0.4 is 0 Å². The summed E-state index contributed by atoms with van der Waals surface area (Å²) in [5, 5.41) is 0. The van der Waals surface area contributed by atoms with Gasteiger partial charge in [0.25, 0.3) is 0 Å². The molecule has 4 heteroatoms. The standard InChI is InChI=1S/C35H68O2Si2/c1-13-35(25(2)3,37-39(10,11)12)23-18-26(4)30-16-17-31-29-15-14-27-24-28(36-38(7,8)9)19-21-33(27,5)32(29)20-22-34(30,31)6/h25-32H,13-24H2,1-12H3/t26?,27-,28-,29?,30?,31?,32?,33?,34?,35-/m0/s1. The number of hydrogen-bond donors (Lipinski definition) is 0. The van der Waals surface area contributed by atoms with Gasteiger partial charge in [0.05, 0.1) is 5.60 Å². The molecule has 4 rings (SSSR count). The molecule has 2 nitrogen and oxygen atoms in total. The third-order valence-corrected chi connectivity index (χ3v) is 15.1. The lowest BCUT2D eigenvalue weighted by molar-refractivity contribution is -0.128. The van der Waals surface area contributed by atoms with E-state index in [1.807, 2.05) is 0 Å². The van der Waals surface area contributed by atoms with Crippen LogP contribution >= 0.6 is 0 Å². The van der Waals surface area contributed by atoms with Crippen LogP contribution in [-0.4, -0.2) is 28.3 Å². The third-order valence-electron chi connectivity index (χ3n) is 13.1. The number of rotatable bonds is 10. The molecule has 0 aliphatic heterocycles. The minimum atomic E-state index is -1.59. The molecule has 0 aromatic carbocycles. The van der Waals surface area contributed by atoms with E-state index < -0.39 is 16.6 Å². The Balaban J connectivity index is 1.43. The maximum absolute atomic E-state index is 6.98. The molecule has 0 saturated heterocycles. The molecular formula is C35H68O2Si2. The molecule has 4 aliphatic carbocycles. The molecule has 0 radical (unpaired) electrons. The summed E-state index contributed by atoms with van der Waals surface area (Å²) < 4.78 is 13.6. The normalized spacial score (nSPS) is 41.5. The van der Waals surface area contributed by atoms with E-state index in [-0.39, 0.29) is 5.60 Å². The topological polar surface area (TPSA) is 18.5 Å². The summed E-state index contributed by atoms with van der Waals surface area (Å²) in [6.45, 7) is 29.6. The van der Waals surface area contributed by atoms with Crippen molar-refractivity contribution in [2.24, 2.45) is 52.3 Å². The SMILES string of the molecule is CC[C@@](CCC(C)C1CCC2C3CC[C@H]4C[C@@H](O[Si](C)(C)C)CCC4(C)C3CCC12C)(O[Si](C)(C)C)C(C)C. The van der Waals surface area contributed by atoms with Crippen molar-refractivity contribution in [1.29, 1.82) is 0 Å². The van der Waals surface area contributed by atoms with E-state index in [2.05, 4.69) is 80.8 Å². The highest BCUT2D eigenvalue weighted by atomic mass is 28.4. The molecule has 7 unspecified atom stereocenters. The molecule has 0 N–H and O–H groups in total. The van der Waals surface area contributed by atoms with Crippen LogP contribution in [-0.2, 0) is 8.85 Å². The average molecular weight is 577 g/mol. The van der Waals surface area contributed by atoms with Crippen molar-refractivity contribution in [3.8, 4) is 0 Å². The molecule has 39 heavy (non-hydrogen) atoms. The Morgan fingerprint density at radius 3 is 2.03 bits per heavy atom. The van der Waals surface area contributed by atoms with Crippen molar-refractivity contribution >= 4 is 16.6 Å². The van der Waals surface area contributed by atoms with Gasteiger partial charge in [-0.3, -0.25) is 0 Å². The van der Waals surface area contributed by atoms with Crippen molar-refractivity contribution < 1.29 is 8.85 Å². The quantitative estimate of drug-likeness (QED) is 0.241. The smallest absolute Gasteiger partial charge is 0.184 e. The zero-order valence-corrected chi connectivity index (χ0v) is 30.4. The van der Waals surface area contributed by atoms with Gasteiger partial charge in [0.1, 0.15) is 0 Å². The van der Waals surface area contributed by atoms with E-state index in [1.165, 1.54) is 70.6 Å². The largest absolute Gasteiger partial charge is 0.415 e. The molecule has 4 fully saturated rings. The fraction of sp³-hybridized carbons (Fsp3) is 1.00. The van der Waals surface area contributed by atoms with Crippen LogP contribution in [0.25, 0.3) is 0 Å². The molecule has 4 saturated carbocycles. The molecule has 0 heterocycles. The van der Waals surface area contributed by atoms with Crippen LogP contribution in [0, 0.1) is 52.3 Å². The lowest BCUT2D eigenvalue weighted by Gasteiger charge is -2.61. The van der Waals surface area contributed by atoms with Gasteiger partial charge in [0.15, 0.2) is 16.6 Å². The first-order valence-corrected chi connectivity index (χ1v) is 24.1. The lowest BCUT2D eigenvalue weighted by atomic mass is 9.44. The van der Waals surface area contributed by atoms with Gasteiger partial charge >= 0.3 is 0 Å². The van der Waals surface area contributed by atoms with Gasteiger partial charge < -0.3 is 8.85 Å². The summed E-state index contributed by atoms with van der Waals surface area (Å²) in [7, 11) is -3.04. The highest BCUT2D eigenvalue weighted by Gasteiger charge is 2.60. The van der Waals surface area contributed by atoms with E-state index in [1.54, 1.807) is 0 Å². The third kappa shape index (κ3) is 6.49. The monoisotopic (exact) mass is 576 g/mol. The Kier molecular flexibility index (Phi) is 9.48. The maximum Gasteiger partial charge on any atom is 0.184 e. The first-order valence-electron chi connectivity index (χ1n) is 17.3. The highest BCUT2D eigenvalue weighted by molar-refractivity contribution is 6.70. The van der Waals surface area contributed by atoms with Crippen molar-refractivity contribution in [2.75, 3.05) is 0 Å². The summed E-state index contributed by atoms with van der Waals surface area (Å²) >= 11 is 0. The fourth-order valence-electron chi connectivity index (χ4n) is 11.2. The maximum atomic E-state index is 6.98. The fourth-order valence-corrected chi connectivity index (χ4v) is 14.1. The van der Waals surface area contributed by atoms with Crippen molar-refractivity contribution in [2.45, 2.75) is 170 Å². The minimum absolute atomic E-state index is 0.0698. The zero-order valence-electron chi connectivity index (χ0n) is 28.4. The lowest BCUT2D eigenvalue weighted by Crippen LogP contribution is -2.54. The van der Waals surface area contributed by atoms with Gasteiger partial charge in [0, 0.05) is 6.10 Å². The van der Waals surface area contributed by atoms with E-state index in [0.29, 0.717) is 22.9 Å². The highest BCUT2D eigenvalue weighted by Crippen LogP contribution is 2.68. The van der Waals surface area contributed by atoms with Crippen molar-refractivity contribution in [3.63, 3.8) is 0 Å². The summed E-state index contributed by atoms with van der Waals surface area (Å²) in [4.78, 5) is 0. The molecule has 0 aromatic rings. The number of hydrogen-bond acceptors (Lipinski definition) is 2. The van der Waals surface area contributed by atoms with E-state index in [0.717, 1.165) is 41.9 Å². The van der Waals surface area contributed by atoms with Crippen LogP contribution in [0.4, 0.5) is 0 Å². The van der Waals surface area contributed by atoms with Crippen molar-refractivity contribution in [3.05, 3.63) is 0 Å². The van der Waals surface area contributed by atoms with Crippen molar-refractivity contribution in [1.82, 2.24) is 0 Å². The second-order valence-corrected chi connectivity index (χ2v) is 26.7. The van der Waals surface area contributed by atoms with Crippen LogP contribution in [0.2, 0.25) is 39.3 Å². The molecule has 0 bridgehead atoms. The van der Waals surface area contributed by atoms with E-state index >= 15 is 0 Å². The second kappa shape index (κ2) is 11.5.